The van der Waals surface area contributed by atoms with E-state index in [-0.39, 0.29) is 11.8 Å². The van der Waals surface area contributed by atoms with Crippen molar-refractivity contribution in [2.24, 2.45) is 5.92 Å². The van der Waals surface area contributed by atoms with Crippen molar-refractivity contribution in [1.82, 2.24) is 4.90 Å². The zero-order chi connectivity index (χ0) is 13.9. The molecule has 108 valence electrons. The number of ether oxygens (including phenoxy) is 1. The van der Waals surface area contributed by atoms with Crippen LogP contribution in [-0.2, 0) is 9.53 Å². The normalized spacial score (nSPS) is 23.1. The average Bonchev–Trinajstić information content (AvgIpc) is 3.01. The van der Waals surface area contributed by atoms with Crippen LogP contribution in [0.15, 0.2) is 24.3 Å². The van der Waals surface area contributed by atoms with E-state index in [1.54, 1.807) is 6.07 Å². The summed E-state index contributed by atoms with van der Waals surface area (Å²) in [4.78, 5) is 16.3. The Kier molecular flexibility index (Phi) is 3.78. The fraction of sp³-hybridized carbons (Fsp3) is 0.533. The summed E-state index contributed by atoms with van der Waals surface area (Å²) in [5, 5.41) is 9.87. The molecule has 1 unspecified atom stereocenters. The van der Waals surface area contributed by atoms with Gasteiger partial charge in [-0.1, -0.05) is 12.1 Å². The first-order chi connectivity index (χ1) is 9.75. The van der Waals surface area contributed by atoms with E-state index in [4.69, 9.17) is 4.74 Å². The Balaban J connectivity index is 1.59. The molecule has 5 nitrogen and oxygen atoms in total. The second-order valence-corrected chi connectivity index (χ2v) is 5.36. The molecule has 0 spiro atoms. The molecule has 1 N–H and O–H groups in total. The van der Waals surface area contributed by atoms with Crippen molar-refractivity contribution in [3.8, 4) is 5.75 Å². The molecule has 3 rings (SSSR count). The lowest BCUT2D eigenvalue weighted by Crippen LogP contribution is -2.50. The number of anilines is 1. The minimum atomic E-state index is 0.0479. The smallest absolute Gasteiger partial charge is 0.228 e. The number of hydrogen-bond donors (Lipinski definition) is 1. The summed E-state index contributed by atoms with van der Waals surface area (Å²) in [5.41, 5.74) is 0.851. The molecule has 1 atom stereocenters. The Bertz CT molecular complexity index is 478. The van der Waals surface area contributed by atoms with Crippen molar-refractivity contribution < 1.29 is 14.6 Å². The third-order valence-electron chi connectivity index (χ3n) is 4.09. The van der Waals surface area contributed by atoms with Crippen LogP contribution in [0.4, 0.5) is 5.69 Å². The van der Waals surface area contributed by atoms with Crippen LogP contribution in [0.1, 0.15) is 6.42 Å². The van der Waals surface area contributed by atoms with Gasteiger partial charge in [0.15, 0.2) is 0 Å². The number of hydrogen-bond acceptors (Lipinski definition) is 4. The van der Waals surface area contributed by atoms with Gasteiger partial charge in [0.25, 0.3) is 0 Å². The lowest BCUT2D eigenvalue weighted by atomic mass is 10.1. The standard InChI is InChI=1S/C15H20N2O3/c18-14-4-2-1-3-13(14)16-6-8-17(9-7-16)15(19)12-5-10-20-11-12/h1-4,12,18H,5-11H2. The molecule has 0 saturated carbocycles. The van der Waals surface area contributed by atoms with Crippen molar-refractivity contribution in [3.05, 3.63) is 24.3 Å². The average molecular weight is 276 g/mol. The second-order valence-electron chi connectivity index (χ2n) is 5.36. The van der Waals surface area contributed by atoms with Gasteiger partial charge in [0, 0.05) is 32.8 Å². The molecule has 2 aliphatic heterocycles. The molecular weight excluding hydrogens is 256 g/mol. The van der Waals surface area contributed by atoms with Gasteiger partial charge in [-0.25, -0.2) is 0 Å². The molecule has 20 heavy (non-hydrogen) atoms. The summed E-state index contributed by atoms with van der Waals surface area (Å²) >= 11 is 0. The largest absolute Gasteiger partial charge is 0.506 e. The molecule has 0 aliphatic carbocycles. The fourth-order valence-electron chi connectivity index (χ4n) is 2.89. The first kappa shape index (κ1) is 13.2. The summed E-state index contributed by atoms with van der Waals surface area (Å²) in [5.74, 6) is 0.572. The van der Waals surface area contributed by atoms with E-state index in [9.17, 15) is 9.90 Å². The van der Waals surface area contributed by atoms with Gasteiger partial charge in [0.1, 0.15) is 5.75 Å². The van der Waals surface area contributed by atoms with Crippen LogP contribution in [0.25, 0.3) is 0 Å². The van der Waals surface area contributed by atoms with Crippen molar-refractivity contribution >= 4 is 11.6 Å². The van der Waals surface area contributed by atoms with E-state index in [2.05, 4.69) is 4.90 Å². The van der Waals surface area contributed by atoms with Crippen molar-refractivity contribution in [3.63, 3.8) is 0 Å². The van der Waals surface area contributed by atoms with Crippen LogP contribution in [0.3, 0.4) is 0 Å². The minimum absolute atomic E-state index is 0.0479. The maximum absolute atomic E-state index is 12.3. The topological polar surface area (TPSA) is 53.0 Å². The predicted molar refractivity (Wildman–Crippen MR) is 75.8 cm³/mol. The Morgan fingerprint density at radius 2 is 1.95 bits per heavy atom. The molecule has 2 saturated heterocycles. The molecule has 2 heterocycles. The van der Waals surface area contributed by atoms with Crippen LogP contribution >= 0.6 is 0 Å². The van der Waals surface area contributed by atoms with Gasteiger partial charge in [0.2, 0.25) is 5.91 Å². The summed E-state index contributed by atoms with van der Waals surface area (Å²) in [7, 11) is 0. The number of carbonyl (C=O) groups is 1. The molecule has 0 radical (unpaired) electrons. The van der Waals surface area contributed by atoms with E-state index in [0.29, 0.717) is 32.1 Å². The van der Waals surface area contributed by atoms with E-state index >= 15 is 0 Å². The summed E-state index contributed by atoms with van der Waals surface area (Å²) in [6.07, 6.45) is 0.846. The van der Waals surface area contributed by atoms with Crippen LogP contribution in [0, 0.1) is 5.92 Å². The van der Waals surface area contributed by atoms with Gasteiger partial charge in [-0.2, -0.15) is 0 Å². The van der Waals surface area contributed by atoms with Gasteiger partial charge in [-0.05, 0) is 18.6 Å². The third kappa shape index (κ3) is 2.58. The van der Waals surface area contributed by atoms with Crippen LogP contribution < -0.4 is 4.90 Å². The highest BCUT2D eigenvalue weighted by molar-refractivity contribution is 5.79. The fourth-order valence-corrected chi connectivity index (χ4v) is 2.89. The van der Waals surface area contributed by atoms with Gasteiger partial charge < -0.3 is 19.6 Å². The quantitative estimate of drug-likeness (QED) is 0.878. The Hall–Kier alpha value is -1.75. The SMILES string of the molecule is O=C(C1CCOC1)N1CCN(c2ccccc2O)CC1. The Morgan fingerprint density at radius 3 is 2.60 bits per heavy atom. The van der Waals surface area contributed by atoms with Gasteiger partial charge in [-0.15, -0.1) is 0 Å². The molecule has 1 amide bonds. The number of nitrogens with zero attached hydrogens (tertiary/aromatic N) is 2. The lowest BCUT2D eigenvalue weighted by molar-refractivity contribution is -0.135. The summed E-state index contributed by atoms with van der Waals surface area (Å²) in [6, 6.07) is 7.35. The predicted octanol–water partition coefficient (Wildman–Crippen LogP) is 1.08. The van der Waals surface area contributed by atoms with Crippen molar-refractivity contribution in [2.75, 3.05) is 44.3 Å². The van der Waals surface area contributed by atoms with Crippen molar-refractivity contribution in [2.45, 2.75) is 6.42 Å². The van der Waals surface area contributed by atoms with Crippen LogP contribution in [-0.4, -0.2) is 55.3 Å². The van der Waals surface area contributed by atoms with Crippen molar-refractivity contribution in [1.29, 1.82) is 0 Å². The number of aromatic hydroxyl groups is 1. The summed E-state index contributed by atoms with van der Waals surface area (Å²) < 4.78 is 5.28. The second kappa shape index (κ2) is 5.71. The van der Waals surface area contributed by atoms with E-state index in [1.807, 2.05) is 23.1 Å². The van der Waals surface area contributed by atoms with E-state index in [1.165, 1.54) is 0 Å². The number of para-hydroxylation sites is 2. The Morgan fingerprint density at radius 1 is 1.20 bits per heavy atom. The maximum atomic E-state index is 12.3. The number of phenolic OH excluding ortho intramolecular Hbond substituents is 1. The number of amides is 1. The van der Waals surface area contributed by atoms with Gasteiger partial charge >= 0.3 is 0 Å². The number of piperazine rings is 1. The first-order valence-electron chi connectivity index (χ1n) is 7.15. The van der Waals surface area contributed by atoms with Gasteiger partial charge in [0.05, 0.1) is 18.2 Å². The molecule has 0 aromatic heterocycles. The minimum Gasteiger partial charge on any atom is -0.506 e. The summed E-state index contributed by atoms with van der Waals surface area (Å²) in [6.45, 7) is 4.22. The highest BCUT2D eigenvalue weighted by Gasteiger charge is 2.30. The molecule has 0 bridgehead atoms. The van der Waals surface area contributed by atoms with Crippen LogP contribution in [0.2, 0.25) is 0 Å². The Labute approximate surface area is 118 Å². The number of benzene rings is 1. The maximum Gasteiger partial charge on any atom is 0.228 e. The first-order valence-corrected chi connectivity index (χ1v) is 7.15. The van der Waals surface area contributed by atoms with E-state index in [0.717, 1.165) is 25.2 Å². The molecule has 2 aliphatic rings. The molecule has 5 heteroatoms. The molecule has 2 fully saturated rings. The molecule has 1 aromatic rings. The molecular formula is C15H20N2O3. The lowest BCUT2D eigenvalue weighted by Gasteiger charge is -2.37. The number of rotatable bonds is 2. The van der Waals surface area contributed by atoms with E-state index < -0.39 is 0 Å². The van der Waals surface area contributed by atoms with Crippen LogP contribution in [0.5, 0.6) is 5.75 Å². The zero-order valence-electron chi connectivity index (χ0n) is 11.5. The number of phenols is 1. The number of carbonyl (C=O) groups excluding carboxylic acids is 1. The monoisotopic (exact) mass is 276 g/mol. The highest BCUT2D eigenvalue weighted by Crippen LogP contribution is 2.27. The third-order valence-corrected chi connectivity index (χ3v) is 4.09. The van der Waals surface area contributed by atoms with Gasteiger partial charge in [-0.3, -0.25) is 4.79 Å². The zero-order valence-corrected chi connectivity index (χ0v) is 11.5. The molecule has 1 aromatic carbocycles. The highest BCUT2D eigenvalue weighted by atomic mass is 16.5.